The first kappa shape index (κ1) is 17.4. The number of aryl methyl sites for hydroxylation is 1. The minimum atomic E-state index is -3.63. The van der Waals surface area contributed by atoms with Gasteiger partial charge in [0.1, 0.15) is 5.82 Å². The molecule has 2 saturated heterocycles. The molecule has 2 fully saturated rings. The molecule has 0 unspecified atom stereocenters. The van der Waals surface area contributed by atoms with Crippen molar-refractivity contribution in [2.45, 2.75) is 37.5 Å². The topological polar surface area (TPSA) is 57.7 Å². The fourth-order valence-corrected chi connectivity index (χ4v) is 5.02. The van der Waals surface area contributed by atoms with E-state index in [0.29, 0.717) is 31.5 Å². The van der Waals surface area contributed by atoms with Crippen LogP contribution in [0.15, 0.2) is 23.1 Å². The second kappa shape index (κ2) is 6.80. The van der Waals surface area contributed by atoms with Crippen LogP contribution in [0.5, 0.6) is 0 Å². The molecule has 0 radical (unpaired) electrons. The van der Waals surface area contributed by atoms with Crippen LogP contribution in [0, 0.1) is 18.7 Å². The summed E-state index contributed by atoms with van der Waals surface area (Å²) < 4.78 is 40.2. The first-order valence-electron chi connectivity index (χ1n) is 8.44. The maximum atomic E-state index is 13.4. The average molecular weight is 354 g/mol. The quantitative estimate of drug-likeness (QED) is 0.836. The summed E-state index contributed by atoms with van der Waals surface area (Å²) in [5.74, 6) is -0.324. The molecule has 0 saturated carbocycles. The highest BCUT2D eigenvalue weighted by atomic mass is 32.2. The highest BCUT2D eigenvalue weighted by Gasteiger charge is 2.34. The van der Waals surface area contributed by atoms with E-state index in [1.807, 2.05) is 4.90 Å². The number of rotatable bonds is 3. The van der Waals surface area contributed by atoms with E-state index in [1.54, 1.807) is 6.92 Å². The highest BCUT2D eigenvalue weighted by Crippen LogP contribution is 2.26. The van der Waals surface area contributed by atoms with Crippen LogP contribution in [-0.2, 0) is 14.8 Å². The van der Waals surface area contributed by atoms with Gasteiger partial charge in [0.2, 0.25) is 15.9 Å². The molecule has 7 heteroatoms. The van der Waals surface area contributed by atoms with Gasteiger partial charge in [-0.3, -0.25) is 4.79 Å². The molecule has 0 spiro atoms. The molecule has 1 amide bonds. The van der Waals surface area contributed by atoms with E-state index in [1.165, 1.54) is 22.5 Å². The minimum Gasteiger partial charge on any atom is -0.342 e. The highest BCUT2D eigenvalue weighted by molar-refractivity contribution is 7.89. The first-order chi connectivity index (χ1) is 11.4. The lowest BCUT2D eigenvalue weighted by atomic mass is 9.97. The monoisotopic (exact) mass is 354 g/mol. The number of halogens is 1. The molecule has 1 aromatic rings. The standard InChI is InChI=1S/C17H23FN2O3S/c1-13-12-15(4-5-16(13)18)24(22,23)20-10-6-14(7-11-20)17(21)19-8-2-3-9-19/h4-5,12,14H,2-3,6-11H2,1H3. The molecule has 2 heterocycles. The Labute approximate surface area is 142 Å². The molecule has 0 N–H and O–H groups in total. The first-order valence-corrected chi connectivity index (χ1v) is 9.88. The van der Waals surface area contributed by atoms with Crippen LogP contribution in [0.3, 0.4) is 0 Å². The van der Waals surface area contributed by atoms with Crippen LogP contribution in [0.2, 0.25) is 0 Å². The van der Waals surface area contributed by atoms with Crippen molar-refractivity contribution in [2.75, 3.05) is 26.2 Å². The zero-order valence-electron chi connectivity index (χ0n) is 13.9. The predicted molar refractivity (Wildman–Crippen MR) is 88.4 cm³/mol. The Balaban J connectivity index is 1.67. The van der Waals surface area contributed by atoms with Crippen LogP contribution >= 0.6 is 0 Å². The van der Waals surface area contributed by atoms with Gasteiger partial charge < -0.3 is 4.90 Å². The smallest absolute Gasteiger partial charge is 0.243 e. The Morgan fingerprint density at radius 3 is 2.33 bits per heavy atom. The number of carbonyl (C=O) groups is 1. The van der Waals surface area contributed by atoms with E-state index >= 15 is 0 Å². The lowest BCUT2D eigenvalue weighted by Crippen LogP contribution is -2.43. The summed E-state index contributed by atoms with van der Waals surface area (Å²) in [5.41, 5.74) is 0.315. The van der Waals surface area contributed by atoms with E-state index in [9.17, 15) is 17.6 Å². The normalized spacial score (nSPS) is 20.5. The van der Waals surface area contributed by atoms with E-state index < -0.39 is 15.8 Å². The fraction of sp³-hybridized carbons (Fsp3) is 0.588. The molecule has 3 rings (SSSR count). The third-order valence-corrected chi connectivity index (χ3v) is 6.88. The molecule has 2 aliphatic rings. The lowest BCUT2D eigenvalue weighted by molar-refractivity contribution is -0.135. The van der Waals surface area contributed by atoms with Gasteiger partial charge in [0, 0.05) is 32.1 Å². The number of piperidine rings is 1. The van der Waals surface area contributed by atoms with Crippen molar-refractivity contribution in [1.29, 1.82) is 0 Å². The second-order valence-electron chi connectivity index (χ2n) is 6.62. The third-order valence-electron chi connectivity index (χ3n) is 4.99. The fourth-order valence-electron chi connectivity index (χ4n) is 3.47. The third kappa shape index (κ3) is 3.32. The number of likely N-dealkylation sites (tertiary alicyclic amines) is 1. The van der Waals surface area contributed by atoms with Gasteiger partial charge in [0.25, 0.3) is 0 Å². The summed E-state index contributed by atoms with van der Waals surface area (Å²) in [4.78, 5) is 14.4. The zero-order valence-corrected chi connectivity index (χ0v) is 14.7. The van der Waals surface area contributed by atoms with Crippen molar-refractivity contribution in [2.24, 2.45) is 5.92 Å². The van der Waals surface area contributed by atoms with Crippen LogP contribution < -0.4 is 0 Å². The molecule has 5 nitrogen and oxygen atoms in total. The number of hydrogen-bond donors (Lipinski definition) is 0. The number of sulfonamides is 1. The maximum absolute atomic E-state index is 13.4. The molecule has 0 aliphatic carbocycles. The Hall–Kier alpha value is -1.47. The Bertz CT molecular complexity index is 721. The van der Waals surface area contributed by atoms with Gasteiger partial charge >= 0.3 is 0 Å². The molecule has 24 heavy (non-hydrogen) atoms. The van der Waals surface area contributed by atoms with Crippen molar-refractivity contribution < 1.29 is 17.6 Å². The lowest BCUT2D eigenvalue weighted by Gasteiger charge is -2.32. The Morgan fingerprint density at radius 2 is 1.75 bits per heavy atom. The Kier molecular flexibility index (Phi) is 4.92. The van der Waals surface area contributed by atoms with Gasteiger partial charge in [-0.15, -0.1) is 0 Å². The number of amides is 1. The SMILES string of the molecule is Cc1cc(S(=O)(=O)N2CCC(C(=O)N3CCCC3)CC2)ccc1F. The van der Waals surface area contributed by atoms with Crippen molar-refractivity contribution in [3.63, 3.8) is 0 Å². The molecule has 0 atom stereocenters. The molecule has 1 aromatic carbocycles. The minimum absolute atomic E-state index is 0.0792. The van der Waals surface area contributed by atoms with Crippen molar-refractivity contribution in [1.82, 2.24) is 9.21 Å². The van der Waals surface area contributed by atoms with E-state index in [0.717, 1.165) is 25.9 Å². The van der Waals surface area contributed by atoms with Gasteiger partial charge in [-0.1, -0.05) is 0 Å². The second-order valence-corrected chi connectivity index (χ2v) is 8.56. The maximum Gasteiger partial charge on any atom is 0.243 e. The van der Waals surface area contributed by atoms with E-state index in [-0.39, 0.29) is 16.7 Å². The van der Waals surface area contributed by atoms with E-state index in [2.05, 4.69) is 0 Å². The summed E-state index contributed by atoms with van der Waals surface area (Å²) in [6.45, 7) is 3.87. The number of carbonyl (C=O) groups excluding carboxylic acids is 1. The summed E-state index contributed by atoms with van der Waals surface area (Å²) in [7, 11) is -3.63. The van der Waals surface area contributed by atoms with Gasteiger partial charge in [0.15, 0.2) is 0 Å². The molecule has 132 valence electrons. The zero-order chi connectivity index (χ0) is 17.3. The average Bonchev–Trinajstić information content (AvgIpc) is 3.11. The van der Waals surface area contributed by atoms with Crippen molar-refractivity contribution >= 4 is 15.9 Å². The van der Waals surface area contributed by atoms with Gasteiger partial charge in [-0.2, -0.15) is 4.31 Å². The number of nitrogens with zero attached hydrogens (tertiary/aromatic N) is 2. The van der Waals surface area contributed by atoms with Crippen molar-refractivity contribution in [3.8, 4) is 0 Å². The van der Waals surface area contributed by atoms with Crippen LogP contribution in [0.1, 0.15) is 31.2 Å². The van der Waals surface area contributed by atoms with Crippen LogP contribution in [0.25, 0.3) is 0 Å². The van der Waals surface area contributed by atoms with Crippen LogP contribution in [-0.4, -0.2) is 49.7 Å². The molecular weight excluding hydrogens is 331 g/mol. The summed E-state index contributed by atoms with van der Waals surface area (Å²) in [5, 5.41) is 0. The molecule has 0 aromatic heterocycles. The van der Waals surface area contributed by atoms with Gasteiger partial charge in [0.05, 0.1) is 4.90 Å². The largest absolute Gasteiger partial charge is 0.342 e. The summed E-state index contributed by atoms with van der Waals surface area (Å²) in [6, 6.07) is 3.86. The molecule has 0 bridgehead atoms. The molecule has 2 aliphatic heterocycles. The van der Waals surface area contributed by atoms with Crippen molar-refractivity contribution in [3.05, 3.63) is 29.6 Å². The Morgan fingerprint density at radius 1 is 1.12 bits per heavy atom. The van der Waals surface area contributed by atoms with E-state index in [4.69, 9.17) is 0 Å². The van der Waals surface area contributed by atoms with Gasteiger partial charge in [-0.25, -0.2) is 12.8 Å². The predicted octanol–water partition coefficient (Wildman–Crippen LogP) is 2.16. The van der Waals surface area contributed by atoms with Gasteiger partial charge in [-0.05, 0) is 56.4 Å². The summed E-state index contributed by atoms with van der Waals surface area (Å²) in [6.07, 6.45) is 3.22. The molecular formula is C17H23FN2O3S. The number of hydrogen-bond acceptors (Lipinski definition) is 3. The number of benzene rings is 1. The van der Waals surface area contributed by atoms with Crippen LogP contribution in [0.4, 0.5) is 4.39 Å². The summed E-state index contributed by atoms with van der Waals surface area (Å²) >= 11 is 0.